The maximum atomic E-state index is 12.2. The van der Waals surface area contributed by atoms with Gasteiger partial charge in [0.1, 0.15) is 6.21 Å². The quantitative estimate of drug-likeness (QED) is 0.158. The molecule has 0 heterocycles. The maximum Gasteiger partial charge on any atom is 0.316 e. The first-order valence-electron chi connectivity index (χ1n) is 12.6. The van der Waals surface area contributed by atoms with Crippen LogP contribution >= 0.6 is 0 Å². The van der Waals surface area contributed by atoms with Crippen LogP contribution < -0.4 is 11.1 Å². The van der Waals surface area contributed by atoms with Crippen LogP contribution in [0.3, 0.4) is 0 Å². The van der Waals surface area contributed by atoms with Gasteiger partial charge < -0.3 is 25.7 Å². The van der Waals surface area contributed by atoms with Crippen LogP contribution in [0.4, 0.5) is 11.4 Å². The van der Waals surface area contributed by atoms with Gasteiger partial charge in [-0.25, -0.2) is 0 Å². The Kier molecular flexibility index (Phi) is 9.27. The number of nitrogen functional groups attached to an aromatic ring is 1. The Morgan fingerprint density at radius 2 is 1.30 bits per heavy atom. The molecule has 0 aliphatic heterocycles. The van der Waals surface area contributed by atoms with Crippen molar-refractivity contribution in [2.45, 2.75) is 63.2 Å². The lowest BCUT2D eigenvalue weighted by Gasteiger charge is -2.39. The Balaban J connectivity index is 0.000000213. The van der Waals surface area contributed by atoms with Gasteiger partial charge in [0.2, 0.25) is 0 Å². The molecule has 0 atom stereocenters. The van der Waals surface area contributed by atoms with Gasteiger partial charge in [0.05, 0.1) is 24.0 Å². The standard InChI is InChI=1S/C15H18N2O4.C13H17NO2/c1-2-21-14(19)15(8-3-9-15)11-4-6-12(7-5-11)17-13(18)10-16-20;1-2-16-12(15)13(8-3-9-13)10-4-6-11(14)7-5-10/h4-7,10,20H,2-3,8-9H2,1H3,(H,17,18);4-7H,2-3,8-9,14H2,1H3/b16-10+;. The van der Waals surface area contributed by atoms with Crippen molar-refractivity contribution in [3.05, 3.63) is 59.7 Å². The predicted octanol–water partition coefficient (Wildman–Crippen LogP) is 4.32. The fourth-order valence-corrected chi connectivity index (χ4v) is 4.72. The molecule has 0 radical (unpaired) electrons. The van der Waals surface area contributed by atoms with Gasteiger partial charge >= 0.3 is 11.9 Å². The lowest BCUT2D eigenvalue weighted by molar-refractivity contribution is -0.154. The van der Waals surface area contributed by atoms with Gasteiger partial charge in [-0.2, -0.15) is 0 Å². The summed E-state index contributed by atoms with van der Waals surface area (Å²) < 4.78 is 10.3. The van der Waals surface area contributed by atoms with Crippen LogP contribution in [0.1, 0.15) is 63.5 Å². The molecule has 2 aromatic carbocycles. The molecule has 2 fully saturated rings. The molecule has 1 amide bonds. The smallest absolute Gasteiger partial charge is 0.316 e. The normalized spacial score (nSPS) is 16.8. The van der Waals surface area contributed by atoms with Gasteiger partial charge in [-0.15, -0.1) is 0 Å². The molecule has 2 saturated carbocycles. The molecule has 2 aliphatic rings. The number of hydrogen-bond donors (Lipinski definition) is 3. The first-order chi connectivity index (χ1) is 17.8. The van der Waals surface area contributed by atoms with Crippen LogP contribution in [0.25, 0.3) is 0 Å². The summed E-state index contributed by atoms with van der Waals surface area (Å²) in [5, 5.41) is 13.5. The monoisotopic (exact) mass is 509 g/mol. The molecule has 9 heteroatoms. The zero-order valence-corrected chi connectivity index (χ0v) is 21.4. The number of benzene rings is 2. The molecule has 2 aliphatic carbocycles. The fourth-order valence-electron chi connectivity index (χ4n) is 4.72. The number of hydrogen-bond acceptors (Lipinski definition) is 8. The molecular formula is C28H35N3O6. The molecule has 0 unspecified atom stereocenters. The van der Waals surface area contributed by atoms with E-state index in [-0.39, 0.29) is 11.9 Å². The van der Waals surface area contributed by atoms with Crippen molar-refractivity contribution in [3.8, 4) is 0 Å². The second kappa shape index (κ2) is 12.4. The Labute approximate surface area is 217 Å². The molecular weight excluding hydrogens is 474 g/mol. The van der Waals surface area contributed by atoms with Crippen LogP contribution in [0.5, 0.6) is 0 Å². The zero-order valence-electron chi connectivity index (χ0n) is 21.4. The number of carbonyl (C=O) groups excluding carboxylic acids is 3. The summed E-state index contributed by atoms with van der Waals surface area (Å²) >= 11 is 0. The van der Waals surface area contributed by atoms with Crippen molar-refractivity contribution in [2.24, 2.45) is 5.16 Å². The summed E-state index contributed by atoms with van der Waals surface area (Å²) in [6.07, 6.45) is 6.21. The van der Waals surface area contributed by atoms with Crippen LogP contribution in [0, 0.1) is 0 Å². The van der Waals surface area contributed by atoms with Crippen molar-refractivity contribution in [1.82, 2.24) is 0 Å². The van der Waals surface area contributed by atoms with E-state index in [0.717, 1.165) is 61.6 Å². The molecule has 0 spiro atoms. The average molecular weight is 510 g/mol. The van der Waals surface area contributed by atoms with Gasteiger partial charge in [0.15, 0.2) is 0 Å². The summed E-state index contributed by atoms with van der Waals surface area (Å²) in [6, 6.07) is 14.6. The van der Waals surface area contributed by atoms with Crippen molar-refractivity contribution in [3.63, 3.8) is 0 Å². The number of nitrogens with one attached hydrogen (secondary N) is 1. The van der Waals surface area contributed by atoms with Crippen molar-refractivity contribution in [2.75, 3.05) is 24.3 Å². The van der Waals surface area contributed by atoms with E-state index in [2.05, 4.69) is 10.5 Å². The third-order valence-electron chi connectivity index (χ3n) is 7.09. The number of rotatable bonds is 8. The molecule has 9 nitrogen and oxygen atoms in total. The molecule has 2 aromatic rings. The largest absolute Gasteiger partial charge is 0.465 e. The van der Waals surface area contributed by atoms with E-state index in [1.807, 2.05) is 43.3 Å². The SMILES string of the molecule is CCOC(=O)C1(c2ccc(N)cc2)CCC1.CCOC(=O)C1(c2ccc(NC(=O)/C=N/O)cc2)CCC1. The maximum absolute atomic E-state index is 12.2. The van der Waals surface area contributed by atoms with Gasteiger partial charge in [-0.3, -0.25) is 14.4 Å². The van der Waals surface area contributed by atoms with Crippen LogP contribution in [0.2, 0.25) is 0 Å². The van der Waals surface area contributed by atoms with Gasteiger partial charge in [0, 0.05) is 11.4 Å². The van der Waals surface area contributed by atoms with E-state index in [9.17, 15) is 14.4 Å². The van der Waals surface area contributed by atoms with Gasteiger partial charge in [0.25, 0.3) is 5.91 Å². The van der Waals surface area contributed by atoms with E-state index >= 15 is 0 Å². The molecule has 0 saturated heterocycles. The second-order valence-corrected chi connectivity index (χ2v) is 9.25. The molecule has 37 heavy (non-hydrogen) atoms. The highest BCUT2D eigenvalue weighted by molar-refractivity contribution is 6.31. The number of oxime groups is 1. The highest BCUT2D eigenvalue weighted by Crippen LogP contribution is 2.46. The van der Waals surface area contributed by atoms with E-state index in [4.69, 9.17) is 20.4 Å². The van der Waals surface area contributed by atoms with E-state index in [1.165, 1.54) is 0 Å². The van der Waals surface area contributed by atoms with E-state index < -0.39 is 16.7 Å². The highest BCUT2D eigenvalue weighted by Gasteiger charge is 2.47. The first-order valence-corrected chi connectivity index (χ1v) is 12.6. The first kappa shape index (κ1) is 27.7. The summed E-state index contributed by atoms with van der Waals surface area (Å²) in [4.78, 5) is 35.4. The molecule has 0 aromatic heterocycles. The third-order valence-corrected chi connectivity index (χ3v) is 7.09. The van der Waals surface area contributed by atoms with Crippen molar-refractivity contribution >= 4 is 35.4 Å². The number of amides is 1. The number of carbonyl (C=O) groups is 3. The van der Waals surface area contributed by atoms with Crippen LogP contribution in [-0.2, 0) is 34.7 Å². The van der Waals surface area contributed by atoms with Gasteiger partial charge in [-0.05, 0) is 74.9 Å². The Hall–Kier alpha value is -3.88. The summed E-state index contributed by atoms with van der Waals surface area (Å²) in [5.74, 6) is -0.791. The average Bonchev–Trinajstić information content (AvgIpc) is 2.81. The molecule has 4 rings (SSSR count). The summed E-state index contributed by atoms with van der Waals surface area (Å²) in [7, 11) is 0. The Morgan fingerprint density at radius 3 is 1.65 bits per heavy atom. The van der Waals surface area contributed by atoms with E-state index in [0.29, 0.717) is 18.9 Å². The van der Waals surface area contributed by atoms with Crippen LogP contribution in [0.15, 0.2) is 53.7 Å². The fraction of sp³-hybridized carbons (Fsp3) is 0.429. The predicted molar refractivity (Wildman–Crippen MR) is 141 cm³/mol. The zero-order chi connectivity index (χ0) is 26.9. The summed E-state index contributed by atoms with van der Waals surface area (Å²) in [6.45, 7) is 4.45. The molecule has 4 N–H and O–H groups in total. The third kappa shape index (κ3) is 6.10. The minimum Gasteiger partial charge on any atom is -0.465 e. The number of nitrogens with zero attached hydrogens (tertiary/aromatic N) is 1. The molecule has 0 bridgehead atoms. The second-order valence-electron chi connectivity index (χ2n) is 9.25. The van der Waals surface area contributed by atoms with E-state index in [1.54, 1.807) is 19.1 Å². The topological polar surface area (TPSA) is 140 Å². The highest BCUT2D eigenvalue weighted by atomic mass is 16.5. The number of nitrogens with two attached hydrogens (primary N) is 1. The lowest BCUT2D eigenvalue weighted by atomic mass is 9.64. The minimum absolute atomic E-state index is 0.0916. The number of esters is 2. The van der Waals surface area contributed by atoms with Gasteiger partial charge in [-0.1, -0.05) is 42.3 Å². The number of ether oxygens (including phenoxy) is 2. The number of anilines is 2. The van der Waals surface area contributed by atoms with Crippen molar-refractivity contribution in [1.29, 1.82) is 0 Å². The molecule has 198 valence electrons. The summed E-state index contributed by atoms with van der Waals surface area (Å²) in [5.41, 5.74) is 7.95. The Morgan fingerprint density at radius 1 is 0.865 bits per heavy atom. The lowest BCUT2D eigenvalue weighted by Crippen LogP contribution is -2.43. The van der Waals surface area contributed by atoms with Crippen LogP contribution in [-0.4, -0.2) is 42.5 Å². The minimum atomic E-state index is -0.537. The Bertz CT molecular complexity index is 1100. The van der Waals surface area contributed by atoms with Crippen molar-refractivity contribution < 1.29 is 29.1 Å².